The Hall–Kier alpha value is -2.62. The Bertz CT molecular complexity index is 740. The summed E-state index contributed by atoms with van der Waals surface area (Å²) in [6, 6.07) is 17.8. The molecule has 0 aliphatic carbocycles. The van der Waals surface area contributed by atoms with Crippen LogP contribution in [0.4, 0.5) is 0 Å². The van der Waals surface area contributed by atoms with Crippen LogP contribution in [0.15, 0.2) is 54.6 Å². The number of benzene rings is 2. The highest BCUT2D eigenvalue weighted by atomic mass is 16.2. The summed E-state index contributed by atoms with van der Waals surface area (Å²) in [5.74, 6) is 0.141. The van der Waals surface area contributed by atoms with Crippen LogP contribution in [0.5, 0.6) is 0 Å². The van der Waals surface area contributed by atoms with Crippen molar-refractivity contribution < 1.29 is 9.59 Å². The molecule has 26 heavy (non-hydrogen) atoms. The Balaban J connectivity index is 1.60. The van der Waals surface area contributed by atoms with Crippen molar-refractivity contribution in [2.45, 2.75) is 38.6 Å². The predicted molar refractivity (Wildman–Crippen MR) is 104 cm³/mol. The average molecular weight is 350 g/mol. The minimum Gasteiger partial charge on any atom is -0.349 e. The maximum atomic E-state index is 12.6. The zero-order valence-corrected chi connectivity index (χ0v) is 15.3. The van der Waals surface area contributed by atoms with Gasteiger partial charge in [-0.05, 0) is 42.5 Å². The topological polar surface area (TPSA) is 49.4 Å². The maximum absolute atomic E-state index is 12.6. The predicted octanol–water partition coefficient (Wildman–Crippen LogP) is 3.87. The standard InChI is InChI=1S/C22H26N2O2/c1-2-15-24-16-14-20(12-13-21(24)25)23-22(26)19-10-8-18(9-11-19)17-6-4-3-5-7-17/h3-11,20H,2,12-16H2,1H3,(H,23,26). The molecule has 2 aromatic carbocycles. The first kappa shape index (κ1) is 18.2. The molecular formula is C22H26N2O2. The molecule has 1 saturated heterocycles. The molecule has 1 aliphatic heterocycles. The largest absolute Gasteiger partial charge is 0.349 e. The molecular weight excluding hydrogens is 324 g/mol. The number of hydrogen-bond donors (Lipinski definition) is 1. The highest BCUT2D eigenvalue weighted by Gasteiger charge is 2.23. The lowest BCUT2D eigenvalue weighted by Crippen LogP contribution is -2.36. The number of nitrogens with zero attached hydrogens (tertiary/aromatic N) is 1. The number of carbonyl (C=O) groups is 2. The van der Waals surface area contributed by atoms with Crippen LogP contribution in [0.25, 0.3) is 11.1 Å². The summed E-state index contributed by atoms with van der Waals surface area (Å²) in [6.07, 6.45) is 3.01. The summed E-state index contributed by atoms with van der Waals surface area (Å²) in [6.45, 7) is 3.61. The summed E-state index contributed by atoms with van der Waals surface area (Å²) in [5.41, 5.74) is 2.89. The van der Waals surface area contributed by atoms with Gasteiger partial charge in [-0.3, -0.25) is 9.59 Å². The van der Waals surface area contributed by atoms with E-state index in [-0.39, 0.29) is 17.9 Å². The Morgan fingerprint density at radius 1 is 1.04 bits per heavy atom. The van der Waals surface area contributed by atoms with E-state index in [0.29, 0.717) is 18.4 Å². The molecule has 2 aromatic rings. The van der Waals surface area contributed by atoms with Crippen LogP contribution in [-0.2, 0) is 4.79 Å². The smallest absolute Gasteiger partial charge is 0.251 e. The summed E-state index contributed by atoms with van der Waals surface area (Å²) >= 11 is 0. The van der Waals surface area contributed by atoms with Crippen molar-refractivity contribution in [3.05, 3.63) is 60.2 Å². The molecule has 136 valence electrons. The third-order valence-corrected chi connectivity index (χ3v) is 4.89. The number of likely N-dealkylation sites (tertiary alicyclic amines) is 1. The minimum absolute atomic E-state index is 0.0575. The Kier molecular flexibility index (Phi) is 6.05. The van der Waals surface area contributed by atoms with Crippen molar-refractivity contribution in [2.75, 3.05) is 13.1 Å². The first-order chi connectivity index (χ1) is 12.7. The molecule has 1 atom stereocenters. The first-order valence-electron chi connectivity index (χ1n) is 9.41. The molecule has 3 rings (SSSR count). The average Bonchev–Trinajstić information content (AvgIpc) is 2.85. The van der Waals surface area contributed by atoms with Crippen molar-refractivity contribution in [1.82, 2.24) is 10.2 Å². The van der Waals surface area contributed by atoms with Crippen molar-refractivity contribution in [3.63, 3.8) is 0 Å². The molecule has 0 spiro atoms. The number of hydrogen-bond acceptors (Lipinski definition) is 2. The van der Waals surface area contributed by atoms with Crippen LogP contribution in [0, 0.1) is 0 Å². The van der Waals surface area contributed by atoms with Gasteiger partial charge in [0.05, 0.1) is 0 Å². The van der Waals surface area contributed by atoms with E-state index >= 15 is 0 Å². The van der Waals surface area contributed by atoms with Gasteiger partial charge in [0, 0.05) is 31.1 Å². The molecule has 0 bridgehead atoms. The maximum Gasteiger partial charge on any atom is 0.251 e. The summed E-state index contributed by atoms with van der Waals surface area (Å²) < 4.78 is 0. The van der Waals surface area contributed by atoms with Gasteiger partial charge < -0.3 is 10.2 Å². The zero-order valence-electron chi connectivity index (χ0n) is 15.3. The molecule has 0 aromatic heterocycles. The summed E-state index contributed by atoms with van der Waals surface area (Å²) in [7, 11) is 0. The van der Waals surface area contributed by atoms with Crippen molar-refractivity contribution >= 4 is 11.8 Å². The van der Waals surface area contributed by atoms with Crippen LogP contribution < -0.4 is 5.32 Å². The normalized spacial score (nSPS) is 17.7. The highest BCUT2D eigenvalue weighted by Crippen LogP contribution is 2.19. The van der Waals surface area contributed by atoms with Gasteiger partial charge in [0.1, 0.15) is 0 Å². The first-order valence-corrected chi connectivity index (χ1v) is 9.41. The molecule has 4 nitrogen and oxygen atoms in total. The molecule has 4 heteroatoms. The van der Waals surface area contributed by atoms with Crippen molar-refractivity contribution in [2.24, 2.45) is 0 Å². The van der Waals surface area contributed by atoms with Crippen LogP contribution in [0.1, 0.15) is 43.0 Å². The van der Waals surface area contributed by atoms with E-state index in [1.807, 2.05) is 47.4 Å². The second-order valence-corrected chi connectivity index (χ2v) is 6.82. The molecule has 1 aliphatic rings. The van der Waals surface area contributed by atoms with Crippen molar-refractivity contribution in [1.29, 1.82) is 0 Å². The fourth-order valence-electron chi connectivity index (χ4n) is 3.40. The number of nitrogens with one attached hydrogen (secondary N) is 1. The van der Waals surface area contributed by atoms with E-state index in [9.17, 15) is 9.59 Å². The lowest BCUT2D eigenvalue weighted by atomic mass is 10.0. The van der Waals surface area contributed by atoms with E-state index < -0.39 is 0 Å². The van der Waals surface area contributed by atoms with Gasteiger partial charge in [-0.1, -0.05) is 49.4 Å². The van der Waals surface area contributed by atoms with Gasteiger partial charge in [0.15, 0.2) is 0 Å². The second-order valence-electron chi connectivity index (χ2n) is 6.82. The summed E-state index contributed by atoms with van der Waals surface area (Å²) in [5, 5.41) is 3.10. The third kappa shape index (κ3) is 4.51. The molecule has 2 amide bonds. The number of rotatable bonds is 5. The number of carbonyl (C=O) groups excluding carboxylic acids is 2. The monoisotopic (exact) mass is 350 g/mol. The van der Waals surface area contributed by atoms with Crippen LogP contribution in [0.2, 0.25) is 0 Å². The van der Waals surface area contributed by atoms with E-state index in [1.54, 1.807) is 0 Å². The summed E-state index contributed by atoms with van der Waals surface area (Å²) in [4.78, 5) is 26.6. The fraction of sp³-hybridized carbons (Fsp3) is 0.364. The quantitative estimate of drug-likeness (QED) is 0.890. The zero-order chi connectivity index (χ0) is 18.4. The Morgan fingerprint density at radius 2 is 1.73 bits per heavy atom. The van der Waals surface area contributed by atoms with Gasteiger partial charge in [0.2, 0.25) is 5.91 Å². The van der Waals surface area contributed by atoms with E-state index in [0.717, 1.165) is 37.1 Å². The van der Waals surface area contributed by atoms with Gasteiger partial charge >= 0.3 is 0 Å². The molecule has 1 unspecified atom stereocenters. The second kappa shape index (κ2) is 8.65. The minimum atomic E-state index is -0.0639. The molecule has 1 N–H and O–H groups in total. The van der Waals surface area contributed by atoms with E-state index in [4.69, 9.17) is 0 Å². The van der Waals surface area contributed by atoms with E-state index in [2.05, 4.69) is 24.4 Å². The third-order valence-electron chi connectivity index (χ3n) is 4.89. The van der Waals surface area contributed by atoms with Gasteiger partial charge in [0.25, 0.3) is 5.91 Å². The van der Waals surface area contributed by atoms with Gasteiger partial charge in [-0.15, -0.1) is 0 Å². The van der Waals surface area contributed by atoms with Gasteiger partial charge in [-0.25, -0.2) is 0 Å². The molecule has 0 radical (unpaired) electrons. The van der Waals surface area contributed by atoms with Crippen LogP contribution in [-0.4, -0.2) is 35.8 Å². The van der Waals surface area contributed by atoms with E-state index in [1.165, 1.54) is 0 Å². The lowest BCUT2D eigenvalue weighted by Gasteiger charge is -2.20. The van der Waals surface area contributed by atoms with Crippen molar-refractivity contribution in [3.8, 4) is 11.1 Å². The molecule has 1 heterocycles. The van der Waals surface area contributed by atoms with Gasteiger partial charge in [-0.2, -0.15) is 0 Å². The Labute approximate surface area is 155 Å². The Morgan fingerprint density at radius 3 is 2.42 bits per heavy atom. The SMILES string of the molecule is CCCN1CCC(NC(=O)c2ccc(-c3ccccc3)cc2)CCC1=O. The fourth-order valence-corrected chi connectivity index (χ4v) is 3.40. The van der Waals surface area contributed by atoms with Crippen LogP contribution >= 0.6 is 0 Å². The highest BCUT2D eigenvalue weighted by molar-refractivity contribution is 5.95. The lowest BCUT2D eigenvalue weighted by molar-refractivity contribution is -0.130. The van der Waals surface area contributed by atoms with Crippen LogP contribution in [0.3, 0.4) is 0 Å². The molecule has 1 fully saturated rings. The number of amides is 2. The molecule has 0 saturated carbocycles.